The molecule has 2 rings (SSSR count). The molecular formula is C28H40N2O2S2. The number of carbonyl (C=O) groups excluding carboxylic acids is 2. The van der Waals surface area contributed by atoms with Crippen molar-refractivity contribution >= 4 is 47.1 Å². The van der Waals surface area contributed by atoms with E-state index in [4.69, 9.17) is 0 Å². The monoisotopic (exact) mass is 500 g/mol. The number of benzene rings is 2. The van der Waals surface area contributed by atoms with Gasteiger partial charge in [-0.25, -0.2) is 8.61 Å². The predicted octanol–water partition coefficient (Wildman–Crippen LogP) is 8.29. The minimum atomic E-state index is -0.494. The summed E-state index contributed by atoms with van der Waals surface area (Å²) in [4.78, 5) is 27.0. The van der Waals surface area contributed by atoms with Crippen molar-refractivity contribution in [3.8, 4) is 0 Å². The average Bonchev–Trinajstić information content (AvgIpc) is 2.88. The Balaban J connectivity index is 2.08. The van der Waals surface area contributed by atoms with Crippen LogP contribution in [0.2, 0.25) is 0 Å². The van der Waals surface area contributed by atoms with Crippen LogP contribution in [0.4, 0.5) is 11.4 Å². The molecule has 0 saturated carbocycles. The van der Waals surface area contributed by atoms with E-state index in [0.717, 1.165) is 48.6 Å². The van der Waals surface area contributed by atoms with Gasteiger partial charge in [0, 0.05) is 11.5 Å². The molecule has 0 aliphatic heterocycles. The first-order chi connectivity index (χ1) is 16.7. The Morgan fingerprint density at radius 3 is 1.32 bits per heavy atom. The normalized spacial score (nSPS) is 10.8. The minimum absolute atomic E-state index is 0.493. The van der Waals surface area contributed by atoms with E-state index < -0.39 is 11.8 Å². The second kappa shape index (κ2) is 17.5. The van der Waals surface area contributed by atoms with Crippen LogP contribution < -0.4 is 8.61 Å². The summed E-state index contributed by atoms with van der Waals surface area (Å²) in [6.45, 7) is 4.41. The molecule has 0 radical (unpaired) electrons. The fraction of sp³-hybridized carbons (Fsp3) is 0.500. The molecule has 2 aromatic rings. The van der Waals surface area contributed by atoms with E-state index in [2.05, 4.69) is 13.8 Å². The zero-order valence-electron chi connectivity index (χ0n) is 20.8. The van der Waals surface area contributed by atoms with E-state index in [1.165, 1.54) is 62.4 Å². The first kappa shape index (κ1) is 28.3. The number of nitrogens with zero attached hydrogens (tertiary/aromatic N) is 2. The molecule has 186 valence electrons. The molecule has 0 aliphatic rings. The summed E-state index contributed by atoms with van der Waals surface area (Å²) in [7, 11) is 0. The molecule has 2 aromatic carbocycles. The van der Waals surface area contributed by atoms with Gasteiger partial charge < -0.3 is 0 Å². The highest BCUT2D eigenvalue weighted by atomic mass is 32.2. The van der Waals surface area contributed by atoms with Crippen LogP contribution in [0.15, 0.2) is 60.7 Å². The first-order valence-electron chi connectivity index (χ1n) is 12.7. The fourth-order valence-corrected chi connectivity index (χ4v) is 5.49. The fourth-order valence-electron chi connectivity index (χ4n) is 3.52. The Bertz CT molecular complexity index is 818. The summed E-state index contributed by atoms with van der Waals surface area (Å²) in [5, 5.41) is 0. The number of hydrogen-bond donors (Lipinski definition) is 0. The van der Waals surface area contributed by atoms with E-state index in [1.54, 1.807) is 8.61 Å². The van der Waals surface area contributed by atoms with E-state index in [-0.39, 0.29) is 0 Å². The number of hydrogen-bond acceptors (Lipinski definition) is 4. The quantitative estimate of drug-likeness (QED) is 0.132. The highest BCUT2D eigenvalue weighted by molar-refractivity contribution is 8.02. The van der Waals surface area contributed by atoms with Crippen molar-refractivity contribution in [2.75, 3.05) is 20.1 Å². The van der Waals surface area contributed by atoms with E-state index in [9.17, 15) is 9.59 Å². The highest BCUT2D eigenvalue weighted by Gasteiger charge is 2.30. The number of anilines is 2. The smallest absolute Gasteiger partial charge is 0.262 e. The Morgan fingerprint density at radius 1 is 0.559 bits per heavy atom. The van der Waals surface area contributed by atoms with E-state index in [1.807, 2.05) is 60.7 Å². The molecule has 4 nitrogen and oxygen atoms in total. The van der Waals surface area contributed by atoms with Crippen molar-refractivity contribution in [3.05, 3.63) is 60.7 Å². The predicted molar refractivity (Wildman–Crippen MR) is 150 cm³/mol. The van der Waals surface area contributed by atoms with Crippen molar-refractivity contribution in [2.24, 2.45) is 0 Å². The number of rotatable bonds is 16. The van der Waals surface area contributed by atoms with Crippen molar-refractivity contribution in [1.29, 1.82) is 0 Å². The molecule has 0 N–H and O–H groups in total. The summed E-state index contributed by atoms with van der Waals surface area (Å²) in [5.41, 5.74) is 1.49. The molecule has 0 unspecified atom stereocenters. The van der Waals surface area contributed by atoms with Gasteiger partial charge in [0.25, 0.3) is 0 Å². The molecule has 0 fully saturated rings. The van der Waals surface area contributed by atoms with Gasteiger partial charge >= 0.3 is 11.8 Å². The van der Waals surface area contributed by atoms with Gasteiger partial charge in [-0.3, -0.25) is 9.59 Å². The first-order valence-corrected chi connectivity index (χ1v) is 14.6. The molecule has 0 aromatic heterocycles. The molecular weight excluding hydrogens is 460 g/mol. The molecule has 34 heavy (non-hydrogen) atoms. The van der Waals surface area contributed by atoms with Crippen molar-refractivity contribution in [2.45, 2.75) is 78.1 Å². The third-order valence-electron chi connectivity index (χ3n) is 5.47. The Morgan fingerprint density at radius 2 is 0.912 bits per heavy atom. The van der Waals surface area contributed by atoms with E-state index >= 15 is 0 Å². The summed E-state index contributed by atoms with van der Waals surface area (Å²) in [5.74, 6) is 0.637. The maximum absolute atomic E-state index is 13.5. The number of amides is 2. The van der Waals surface area contributed by atoms with Crippen LogP contribution in [-0.4, -0.2) is 23.3 Å². The lowest BCUT2D eigenvalue weighted by Gasteiger charge is -2.25. The largest absolute Gasteiger partial charge is 0.327 e. The molecule has 0 saturated heterocycles. The number of carbonyl (C=O) groups is 2. The Labute approximate surface area is 215 Å². The Hall–Kier alpha value is -1.92. The lowest BCUT2D eigenvalue weighted by molar-refractivity contribution is -0.134. The van der Waals surface area contributed by atoms with Crippen molar-refractivity contribution < 1.29 is 9.59 Å². The van der Waals surface area contributed by atoms with Crippen LogP contribution in [0.25, 0.3) is 0 Å². The van der Waals surface area contributed by atoms with Gasteiger partial charge in [0.05, 0.1) is 11.4 Å². The lowest BCUT2D eigenvalue weighted by Crippen LogP contribution is -2.40. The lowest BCUT2D eigenvalue weighted by atomic mass is 10.1. The molecule has 0 atom stereocenters. The average molecular weight is 501 g/mol. The van der Waals surface area contributed by atoms with Crippen LogP contribution in [0.5, 0.6) is 0 Å². The van der Waals surface area contributed by atoms with Gasteiger partial charge in [-0.05, 0) is 61.0 Å². The Kier molecular flexibility index (Phi) is 14.6. The van der Waals surface area contributed by atoms with Crippen molar-refractivity contribution in [3.63, 3.8) is 0 Å². The third-order valence-corrected chi connectivity index (χ3v) is 7.68. The van der Waals surface area contributed by atoms with Gasteiger partial charge in [-0.15, -0.1) is 0 Å². The zero-order chi connectivity index (χ0) is 24.4. The zero-order valence-corrected chi connectivity index (χ0v) is 22.4. The summed E-state index contributed by atoms with van der Waals surface area (Å²) < 4.78 is 3.16. The van der Waals surface area contributed by atoms with E-state index in [0.29, 0.717) is 0 Å². The second-order valence-corrected chi connectivity index (χ2v) is 10.4. The molecule has 6 heteroatoms. The van der Waals surface area contributed by atoms with Gasteiger partial charge in [0.2, 0.25) is 0 Å². The molecule has 0 spiro atoms. The maximum Gasteiger partial charge on any atom is 0.327 e. The molecule has 2 amide bonds. The van der Waals surface area contributed by atoms with Crippen LogP contribution in [0, 0.1) is 0 Å². The van der Waals surface area contributed by atoms with Crippen molar-refractivity contribution in [1.82, 2.24) is 0 Å². The van der Waals surface area contributed by atoms with Crippen LogP contribution >= 0.6 is 23.9 Å². The minimum Gasteiger partial charge on any atom is -0.262 e. The summed E-state index contributed by atoms with van der Waals surface area (Å²) >= 11 is 2.89. The second-order valence-electron chi connectivity index (χ2n) is 8.37. The van der Waals surface area contributed by atoms with Gasteiger partial charge in [-0.2, -0.15) is 0 Å². The molecule has 0 aliphatic carbocycles. The van der Waals surface area contributed by atoms with Crippen LogP contribution in [0.1, 0.15) is 78.1 Å². The van der Waals surface area contributed by atoms with Crippen LogP contribution in [0.3, 0.4) is 0 Å². The molecule has 0 bridgehead atoms. The van der Waals surface area contributed by atoms with Gasteiger partial charge in [0.1, 0.15) is 0 Å². The topological polar surface area (TPSA) is 40.6 Å². The van der Waals surface area contributed by atoms with Crippen LogP contribution in [-0.2, 0) is 9.59 Å². The summed E-state index contributed by atoms with van der Waals surface area (Å²) in [6, 6.07) is 19.0. The number of unbranched alkanes of at least 4 members (excludes halogenated alkanes) is 8. The molecule has 0 heterocycles. The standard InChI is InChI=1S/C28H40N2O2S2/c1-3-5-7-9-10-18-24-34-30(26-21-15-12-16-22-26)28(32)27(31)29(25-19-13-11-14-20-25)33-23-17-8-6-4-2/h11-16,19-22H,3-10,17-18,23-24H2,1-2H3. The van der Waals surface area contributed by atoms with Gasteiger partial charge in [-0.1, -0.05) is 102 Å². The highest BCUT2D eigenvalue weighted by Crippen LogP contribution is 2.28. The van der Waals surface area contributed by atoms with Gasteiger partial charge in [0.15, 0.2) is 0 Å². The summed E-state index contributed by atoms with van der Waals surface area (Å²) in [6.07, 6.45) is 11.7. The maximum atomic E-state index is 13.5. The number of para-hydroxylation sites is 2. The third kappa shape index (κ3) is 10.1. The SMILES string of the molecule is CCCCCCCCSN(C(=O)C(=O)N(SCCCCCC)c1ccccc1)c1ccccc1.